The molecule has 0 saturated heterocycles. The number of carbonyl (C=O) groups excluding carboxylic acids is 1. The largest absolute Gasteiger partial charge is 0.487 e. The summed E-state index contributed by atoms with van der Waals surface area (Å²) in [5.74, 6) is 0.0000361. The number of anilines is 1. The first-order chi connectivity index (χ1) is 12.0. The highest BCUT2D eigenvalue weighted by atomic mass is 32.1. The van der Waals surface area contributed by atoms with E-state index >= 15 is 0 Å². The quantitative estimate of drug-likeness (QED) is 0.357. The van der Waals surface area contributed by atoms with Crippen LogP contribution in [0.1, 0.15) is 10.4 Å². The van der Waals surface area contributed by atoms with Gasteiger partial charge in [-0.05, 0) is 30.4 Å². The number of non-ortho nitro benzene ring substituents is 1. The van der Waals surface area contributed by atoms with Gasteiger partial charge in [0.2, 0.25) is 0 Å². The third-order valence-corrected chi connectivity index (χ3v) is 3.24. The molecule has 128 valence electrons. The predicted molar refractivity (Wildman–Crippen MR) is 98.9 cm³/mol. The maximum absolute atomic E-state index is 12.2. The highest BCUT2D eigenvalue weighted by Crippen LogP contribution is 2.23. The van der Waals surface area contributed by atoms with Crippen molar-refractivity contribution in [3.8, 4) is 5.75 Å². The second kappa shape index (κ2) is 8.55. The van der Waals surface area contributed by atoms with E-state index in [-0.39, 0.29) is 16.4 Å². The van der Waals surface area contributed by atoms with Crippen molar-refractivity contribution in [2.24, 2.45) is 0 Å². The van der Waals surface area contributed by atoms with E-state index in [0.29, 0.717) is 18.0 Å². The van der Waals surface area contributed by atoms with Crippen molar-refractivity contribution < 1.29 is 14.5 Å². The van der Waals surface area contributed by atoms with Crippen LogP contribution in [0.15, 0.2) is 61.2 Å². The van der Waals surface area contributed by atoms with Gasteiger partial charge in [0.1, 0.15) is 12.4 Å². The minimum absolute atomic E-state index is 0.0474. The molecule has 0 atom stereocenters. The molecule has 1 amide bonds. The normalized spacial score (nSPS) is 9.76. The van der Waals surface area contributed by atoms with Crippen molar-refractivity contribution in [3.05, 3.63) is 76.9 Å². The highest BCUT2D eigenvalue weighted by Gasteiger charge is 2.13. The molecule has 0 aliphatic heterocycles. The molecule has 0 aromatic heterocycles. The van der Waals surface area contributed by atoms with Crippen LogP contribution >= 0.6 is 12.2 Å². The molecule has 0 heterocycles. The number of amides is 1. The first-order valence-electron chi connectivity index (χ1n) is 7.21. The van der Waals surface area contributed by atoms with E-state index in [4.69, 9.17) is 17.0 Å². The molecule has 2 rings (SSSR count). The summed E-state index contributed by atoms with van der Waals surface area (Å²) in [4.78, 5) is 22.4. The van der Waals surface area contributed by atoms with Gasteiger partial charge in [0, 0.05) is 17.7 Å². The monoisotopic (exact) mass is 357 g/mol. The fraction of sp³-hybridized carbons (Fsp3) is 0.0588. The Hall–Kier alpha value is -3.26. The Morgan fingerprint density at radius 1 is 1.28 bits per heavy atom. The van der Waals surface area contributed by atoms with Crippen LogP contribution in [0.2, 0.25) is 0 Å². The molecule has 25 heavy (non-hydrogen) atoms. The number of nitro groups is 1. The van der Waals surface area contributed by atoms with E-state index in [1.807, 2.05) is 0 Å². The average Bonchev–Trinajstić information content (AvgIpc) is 2.61. The van der Waals surface area contributed by atoms with Gasteiger partial charge in [-0.15, -0.1) is 0 Å². The Balaban J connectivity index is 2.05. The Kier molecular flexibility index (Phi) is 6.19. The lowest BCUT2D eigenvalue weighted by Crippen LogP contribution is -2.34. The maximum Gasteiger partial charge on any atom is 0.270 e. The summed E-state index contributed by atoms with van der Waals surface area (Å²) < 4.78 is 5.49. The molecule has 0 aliphatic carbocycles. The molecular weight excluding hydrogens is 342 g/mol. The molecular formula is C17H15N3O4S. The number of para-hydroxylation sites is 2. The van der Waals surface area contributed by atoms with Gasteiger partial charge in [0.25, 0.3) is 11.6 Å². The Morgan fingerprint density at radius 3 is 2.76 bits per heavy atom. The zero-order valence-corrected chi connectivity index (χ0v) is 13.9. The lowest BCUT2D eigenvalue weighted by molar-refractivity contribution is -0.384. The number of nitrogens with one attached hydrogen (secondary N) is 2. The minimum Gasteiger partial charge on any atom is -0.487 e. The number of ether oxygens (including phenoxy) is 1. The first-order valence-corrected chi connectivity index (χ1v) is 7.61. The molecule has 0 spiro atoms. The minimum atomic E-state index is -0.569. The second-order valence-corrected chi connectivity index (χ2v) is 5.22. The van der Waals surface area contributed by atoms with E-state index in [0.717, 1.165) is 0 Å². The van der Waals surface area contributed by atoms with Crippen molar-refractivity contribution in [1.82, 2.24) is 5.32 Å². The summed E-state index contributed by atoms with van der Waals surface area (Å²) in [6.45, 7) is 3.91. The summed E-state index contributed by atoms with van der Waals surface area (Å²) in [5.41, 5.74) is 0.540. The number of benzene rings is 2. The van der Waals surface area contributed by atoms with E-state index in [1.165, 1.54) is 24.3 Å². The number of carbonyl (C=O) groups is 1. The molecule has 0 fully saturated rings. The molecule has 2 aromatic carbocycles. The van der Waals surface area contributed by atoms with Crippen molar-refractivity contribution in [2.45, 2.75) is 0 Å². The standard InChI is InChI=1S/C17H15N3O4S/c1-2-10-24-15-9-4-3-8-14(15)18-17(25)19-16(21)12-6-5-7-13(11-12)20(22)23/h2-9,11H,1,10H2,(H2,18,19,21,25). The summed E-state index contributed by atoms with van der Waals surface area (Å²) in [5, 5.41) is 16.2. The van der Waals surface area contributed by atoms with Gasteiger partial charge >= 0.3 is 0 Å². The van der Waals surface area contributed by atoms with Crippen LogP contribution in [0, 0.1) is 10.1 Å². The molecule has 8 heteroatoms. The second-order valence-electron chi connectivity index (χ2n) is 4.81. The fourth-order valence-electron chi connectivity index (χ4n) is 1.93. The average molecular weight is 357 g/mol. The fourth-order valence-corrected chi connectivity index (χ4v) is 2.14. The van der Waals surface area contributed by atoms with Crippen molar-refractivity contribution in [2.75, 3.05) is 11.9 Å². The number of nitrogens with zero attached hydrogens (tertiary/aromatic N) is 1. The molecule has 0 radical (unpaired) electrons. The highest BCUT2D eigenvalue weighted by molar-refractivity contribution is 7.80. The van der Waals surface area contributed by atoms with E-state index in [9.17, 15) is 14.9 Å². The van der Waals surface area contributed by atoms with Crippen molar-refractivity contribution >= 4 is 34.6 Å². The van der Waals surface area contributed by atoms with Crippen molar-refractivity contribution in [1.29, 1.82) is 0 Å². The zero-order chi connectivity index (χ0) is 18.2. The lowest BCUT2D eigenvalue weighted by atomic mass is 10.2. The summed E-state index contributed by atoms with van der Waals surface area (Å²) >= 11 is 5.12. The van der Waals surface area contributed by atoms with Gasteiger partial charge in [-0.1, -0.05) is 30.9 Å². The van der Waals surface area contributed by atoms with Crippen LogP contribution in [-0.2, 0) is 0 Å². The van der Waals surface area contributed by atoms with Crippen LogP contribution < -0.4 is 15.4 Å². The van der Waals surface area contributed by atoms with Crippen LogP contribution in [0.25, 0.3) is 0 Å². The first kappa shape index (κ1) is 18.1. The number of nitro benzene ring substituents is 1. The van der Waals surface area contributed by atoms with Gasteiger partial charge < -0.3 is 10.1 Å². The molecule has 2 aromatic rings. The summed E-state index contributed by atoms with van der Waals surface area (Å²) in [7, 11) is 0. The van der Waals surface area contributed by atoms with Gasteiger partial charge in [-0.2, -0.15) is 0 Å². The van der Waals surface area contributed by atoms with Crippen LogP contribution in [0.3, 0.4) is 0 Å². The Morgan fingerprint density at radius 2 is 2.04 bits per heavy atom. The summed E-state index contributed by atoms with van der Waals surface area (Å²) in [6.07, 6.45) is 1.61. The zero-order valence-electron chi connectivity index (χ0n) is 13.1. The molecule has 0 saturated carbocycles. The third kappa shape index (κ3) is 5.11. The Labute approximate surface area is 149 Å². The Bertz CT molecular complexity index is 823. The number of hydrogen-bond acceptors (Lipinski definition) is 5. The van der Waals surface area contributed by atoms with E-state index < -0.39 is 10.8 Å². The van der Waals surface area contributed by atoms with Gasteiger partial charge in [-0.25, -0.2) is 0 Å². The predicted octanol–water partition coefficient (Wildman–Crippen LogP) is 3.29. The molecule has 0 bridgehead atoms. The number of hydrogen-bond donors (Lipinski definition) is 2. The number of rotatable bonds is 6. The molecule has 7 nitrogen and oxygen atoms in total. The lowest BCUT2D eigenvalue weighted by Gasteiger charge is -2.13. The van der Waals surface area contributed by atoms with Gasteiger partial charge in [-0.3, -0.25) is 20.2 Å². The number of thiocarbonyl (C=S) groups is 1. The van der Waals surface area contributed by atoms with E-state index in [2.05, 4.69) is 17.2 Å². The topological polar surface area (TPSA) is 93.5 Å². The molecule has 0 aliphatic rings. The van der Waals surface area contributed by atoms with Gasteiger partial charge in [0.15, 0.2) is 5.11 Å². The molecule has 2 N–H and O–H groups in total. The third-order valence-electron chi connectivity index (χ3n) is 3.04. The SMILES string of the molecule is C=CCOc1ccccc1NC(=S)NC(=O)c1cccc([N+](=O)[O-])c1. The maximum atomic E-state index is 12.2. The van der Waals surface area contributed by atoms with Gasteiger partial charge in [0.05, 0.1) is 10.6 Å². The smallest absolute Gasteiger partial charge is 0.270 e. The van der Waals surface area contributed by atoms with E-state index in [1.54, 1.807) is 30.3 Å². The van der Waals surface area contributed by atoms with Crippen molar-refractivity contribution in [3.63, 3.8) is 0 Å². The summed E-state index contributed by atoms with van der Waals surface area (Å²) in [6, 6.07) is 12.5. The molecule has 0 unspecified atom stereocenters. The van der Waals surface area contributed by atoms with Crippen LogP contribution in [-0.4, -0.2) is 22.5 Å². The van der Waals surface area contributed by atoms with Crippen LogP contribution in [0.4, 0.5) is 11.4 Å². The van der Waals surface area contributed by atoms with Crippen LogP contribution in [0.5, 0.6) is 5.75 Å².